The fourth-order valence-electron chi connectivity index (χ4n) is 2.01. The number of hydrogen-bond acceptors (Lipinski definition) is 3. The monoisotopic (exact) mass is 255 g/mol. The first-order valence-electron chi connectivity index (χ1n) is 5.52. The van der Waals surface area contributed by atoms with Gasteiger partial charge < -0.3 is 15.1 Å². The molecule has 5 heteroatoms. The molecule has 4 nitrogen and oxygen atoms in total. The lowest BCUT2D eigenvalue weighted by Gasteiger charge is -2.29. The Morgan fingerprint density at radius 2 is 1.94 bits per heavy atom. The van der Waals surface area contributed by atoms with Crippen LogP contribution in [0, 0.1) is 0 Å². The number of amides is 1. The van der Waals surface area contributed by atoms with Crippen LogP contribution in [-0.2, 0) is 0 Å². The summed E-state index contributed by atoms with van der Waals surface area (Å²) in [5.74, 6) is -0.442. The summed E-state index contributed by atoms with van der Waals surface area (Å²) in [6.07, 6.45) is 1.79. The third-order valence-electron chi connectivity index (χ3n) is 2.80. The first-order chi connectivity index (χ1) is 8.06. The van der Waals surface area contributed by atoms with E-state index >= 15 is 0 Å². The van der Waals surface area contributed by atoms with Crippen LogP contribution in [0.4, 0.5) is 0 Å². The number of phenols is 2. The second-order valence-corrected chi connectivity index (χ2v) is 4.85. The van der Waals surface area contributed by atoms with Crippen LogP contribution >= 0.6 is 11.6 Å². The first kappa shape index (κ1) is 12.0. The average molecular weight is 256 g/mol. The predicted molar refractivity (Wildman–Crippen MR) is 64.6 cm³/mol. The van der Waals surface area contributed by atoms with Crippen molar-refractivity contribution in [1.29, 1.82) is 0 Å². The lowest BCUT2D eigenvalue weighted by molar-refractivity contribution is 0.0726. The SMILES string of the molecule is O=C(c1cc(O)cc(O)c1)N1CCCC(Cl)C1. The maximum Gasteiger partial charge on any atom is 0.254 e. The van der Waals surface area contributed by atoms with Gasteiger partial charge in [0.25, 0.3) is 5.91 Å². The Morgan fingerprint density at radius 1 is 1.29 bits per heavy atom. The van der Waals surface area contributed by atoms with Gasteiger partial charge in [-0.05, 0) is 25.0 Å². The number of likely N-dealkylation sites (tertiary alicyclic amines) is 1. The molecule has 1 heterocycles. The number of rotatable bonds is 1. The molecule has 1 aliphatic heterocycles. The van der Waals surface area contributed by atoms with Crippen molar-refractivity contribution < 1.29 is 15.0 Å². The van der Waals surface area contributed by atoms with Crippen molar-refractivity contribution >= 4 is 17.5 Å². The van der Waals surface area contributed by atoms with Crippen molar-refractivity contribution in [2.24, 2.45) is 0 Å². The minimum absolute atomic E-state index is 0.0152. The Balaban J connectivity index is 2.18. The lowest BCUT2D eigenvalue weighted by Crippen LogP contribution is -2.40. The van der Waals surface area contributed by atoms with Gasteiger partial charge in [-0.3, -0.25) is 4.79 Å². The van der Waals surface area contributed by atoms with Gasteiger partial charge in [0.05, 0.1) is 5.38 Å². The van der Waals surface area contributed by atoms with Gasteiger partial charge in [-0.2, -0.15) is 0 Å². The number of aromatic hydroxyl groups is 2. The van der Waals surface area contributed by atoms with E-state index < -0.39 is 0 Å². The molecule has 0 saturated carbocycles. The van der Waals surface area contributed by atoms with Gasteiger partial charge in [0.2, 0.25) is 0 Å². The summed E-state index contributed by atoms with van der Waals surface area (Å²) in [5, 5.41) is 18.7. The summed E-state index contributed by atoms with van der Waals surface area (Å²) in [4.78, 5) is 13.7. The maximum atomic E-state index is 12.1. The lowest BCUT2D eigenvalue weighted by atomic mass is 10.1. The Kier molecular flexibility index (Phi) is 3.43. The van der Waals surface area contributed by atoms with Crippen LogP contribution in [0.5, 0.6) is 11.5 Å². The summed E-state index contributed by atoms with van der Waals surface area (Å²) in [7, 11) is 0. The number of phenolic OH excluding ortho intramolecular Hbond substituents is 2. The molecule has 1 aliphatic rings. The summed E-state index contributed by atoms with van der Waals surface area (Å²) >= 11 is 6.01. The second kappa shape index (κ2) is 4.84. The van der Waals surface area contributed by atoms with E-state index in [1.165, 1.54) is 18.2 Å². The van der Waals surface area contributed by atoms with Crippen molar-refractivity contribution in [2.45, 2.75) is 18.2 Å². The van der Waals surface area contributed by atoms with Gasteiger partial charge in [-0.25, -0.2) is 0 Å². The molecule has 1 aromatic rings. The zero-order chi connectivity index (χ0) is 12.4. The quantitative estimate of drug-likeness (QED) is 0.754. The molecule has 2 rings (SSSR count). The largest absolute Gasteiger partial charge is 0.508 e. The van der Waals surface area contributed by atoms with E-state index in [4.69, 9.17) is 11.6 Å². The molecule has 0 bridgehead atoms. The molecule has 0 spiro atoms. The van der Waals surface area contributed by atoms with E-state index in [-0.39, 0.29) is 28.3 Å². The minimum Gasteiger partial charge on any atom is -0.508 e. The maximum absolute atomic E-state index is 12.1. The first-order valence-corrected chi connectivity index (χ1v) is 5.96. The standard InChI is InChI=1S/C12H14ClNO3/c13-9-2-1-3-14(7-9)12(17)8-4-10(15)6-11(16)5-8/h4-6,9,15-16H,1-3,7H2. The van der Waals surface area contributed by atoms with Crippen LogP contribution in [0.25, 0.3) is 0 Å². The molecule has 2 N–H and O–H groups in total. The Hall–Kier alpha value is -1.42. The van der Waals surface area contributed by atoms with Crippen molar-refractivity contribution in [3.8, 4) is 11.5 Å². The van der Waals surface area contributed by atoms with E-state index in [0.29, 0.717) is 13.1 Å². The number of carbonyl (C=O) groups excluding carboxylic acids is 1. The number of carbonyl (C=O) groups is 1. The summed E-state index contributed by atoms with van der Waals surface area (Å²) in [5.41, 5.74) is 0.285. The van der Waals surface area contributed by atoms with E-state index in [9.17, 15) is 15.0 Å². The number of benzene rings is 1. The molecule has 0 aromatic heterocycles. The van der Waals surface area contributed by atoms with Crippen LogP contribution < -0.4 is 0 Å². The van der Waals surface area contributed by atoms with Crippen LogP contribution in [0.1, 0.15) is 23.2 Å². The van der Waals surface area contributed by atoms with E-state index in [1.807, 2.05) is 0 Å². The molecule has 1 unspecified atom stereocenters. The Morgan fingerprint density at radius 3 is 2.53 bits per heavy atom. The smallest absolute Gasteiger partial charge is 0.254 e. The molecule has 92 valence electrons. The van der Waals surface area contributed by atoms with Gasteiger partial charge in [-0.1, -0.05) is 0 Å². The molecule has 1 saturated heterocycles. The van der Waals surface area contributed by atoms with Crippen molar-refractivity contribution in [1.82, 2.24) is 4.90 Å². The highest BCUT2D eigenvalue weighted by Crippen LogP contribution is 2.23. The van der Waals surface area contributed by atoms with Crippen molar-refractivity contribution in [3.63, 3.8) is 0 Å². The van der Waals surface area contributed by atoms with E-state index in [2.05, 4.69) is 0 Å². The molecular formula is C12H14ClNO3. The van der Waals surface area contributed by atoms with Crippen molar-refractivity contribution in [2.75, 3.05) is 13.1 Å². The highest BCUT2D eigenvalue weighted by atomic mass is 35.5. The number of piperidine rings is 1. The third-order valence-corrected chi connectivity index (χ3v) is 3.16. The minimum atomic E-state index is -0.207. The van der Waals surface area contributed by atoms with Crippen LogP contribution in [0.3, 0.4) is 0 Å². The summed E-state index contributed by atoms with van der Waals surface area (Å²) in [6, 6.07) is 3.89. The van der Waals surface area contributed by atoms with Gasteiger partial charge >= 0.3 is 0 Å². The highest BCUT2D eigenvalue weighted by Gasteiger charge is 2.23. The van der Waals surface area contributed by atoms with Crippen LogP contribution in [0.15, 0.2) is 18.2 Å². The highest BCUT2D eigenvalue weighted by molar-refractivity contribution is 6.21. The number of hydrogen-bond donors (Lipinski definition) is 2. The molecule has 1 amide bonds. The molecule has 1 fully saturated rings. The topological polar surface area (TPSA) is 60.8 Å². The van der Waals surface area contributed by atoms with Crippen LogP contribution in [0.2, 0.25) is 0 Å². The predicted octanol–water partition coefficient (Wildman–Crippen LogP) is 1.94. The zero-order valence-electron chi connectivity index (χ0n) is 9.27. The Bertz CT molecular complexity index is 416. The van der Waals surface area contributed by atoms with Gasteiger partial charge in [0.1, 0.15) is 11.5 Å². The zero-order valence-corrected chi connectivity index (χ0v) is 10.0. The molecule has 17 heavy (non-hydrogen) atoms. The van der Waals surface area contributed by atoms with Gasteiger partial charge in [0.15, 0.2) is 0 Å². The normalized spacial score (nSPS) is 20.3. The molecule has 0 aliphatic carbocycles. The second-order valence-electron chi connectivity index (χ2n) is 4.23. The Labute approximate surface area is 104 Å². The summed E-state index contributed by atoms with van der Waals surface area (Å²) < 4.78 is 0. The van der Waals surface area contributed by atoms with Crippen LogP contribution in [-0.4, -0.2) is 39.5 Å². The summed E-state index contributed by atoms with van der Waals surface area (Å²) in [6.45, 7) is 1.18. The average Bonchev–Trinajstić information content (AvgIpc) is 2.26. The third kappa shape index (κ3) is 2.82. The molecular weight excluding hydrogens is 242 g/mol. The van der Waals surface area contributed by atoms with E-state index in [0.717, 1.165) is 12.8 Å². The fourth-order valence-corrected chi connectivity index (χ4v) is 2.33. The van der Waals surface area contributed by atoms with Gasteiger partial charge in [0, 0.05) is 24.7 Å². The molecule has 0 radical (unpaired) electrons. The fraction of sp³-hybridized carbons (Fsp3) is 0.417. The number of alkyl halides is 1. The van der Waals surface area contributed by atoms with Gasteiger partial charge in [-0.15, -0.1) is 11.6 Å². The van der Waals surface area contributed by atoms with E-state index in [1.54, 1.807) is 4.90 Å². The number of nitrogens with zero attached hydrogens (tertiary/aromatic N) is 1. The molecule has 1 aromatic carbocycles. The number of halogens is 1. The molecule has 1 atom stereocenters. The van der Waals surface area contributed by atoms with Crippen molar-refractivity contribution in [3.05, 3.63) is 23.8 Å².